The number of nitrogens with zero attached hydrogens (tertiary/aromatic N) is 4. The Hall–Kier alpha value is -3.42. The van der Waals surface area contributed by atoms with Gasteiger partial charge in [-0.3, -0.25) is 4.79 Å². The van der Waals surface area contributed by atoms with Crippen LogP contribution in [-0.4, -0.2) is 39.9 Å². The molecule has 0 aliphatic carbocycles. The van der Waals surface area contributed by atoms with Gasteiger partial charge in [0.05, 0.1) is 19.9 Å². The number of carbonyl (C=O) groups excluding carboxylic acids is 1. The van der Waals surface area contributed by atoms with E-state index in [-0.39, 0.29) is 18.2 Å². The quantitative estimate of drug-likeness (QED) is 0.732. The number of anilines is 1. The zero-order valence-corrected chi connectivity index (χ0v) is 17.1. The van der Waals surface area contributed by atoms with Crippen LogP contribution in [0.3, 0.4) is 0 Å². The van der Waals surface area contributed by atoms with Crippen molar-refractivity contribution in [3.05, 3.63) is 52.5 Å². The maximum Gasteiger partial charge on any atom is 0.252 e. The molecule has 0 saturated heterocycles. The van der Waals surface area contributed by atoms with Gasteiger partial charge in [0.25, 0.3) is 5.95 Å². The monoisotopic (exact) mass is 393 g/mol. The number of benzene rings is 1. The van der Waals surface area contributed by atoms with E-state index in [2.05, 4.69) is 20.4 Å². The van der Waals surface area contributed by atoms with Crippen LogP contribution < -0.4 is 14.8 Å². The first-order valence-corrected chi connectivity index (χ1v) is 9.35. The van der Waals surface area contributed by atoms with Crippen molar-refractivity contribution in [3.8, 4) is 17.4 Å². The second-order valence-corrected chi connectivity index (χ2v) is 7.10. The smallest absolute Gasteiger partial charge is 0.252 e. The minimum absolute atomic E-state index is 0.0992. The fourth-order valence-corrected chi connectivity index (χ4v) is 3.95. The number of ether oxygens (including phenoxy) is 2. The Balaban J connectivity index is 1.92. The SMILES string of the molecule is COc1cccc([C@H]2CC(=O)Nc3c2c(C)nn3-c2nc(C)cc(C)n2)c1OC. The molecule has 0 fully saturated rings. The number of rotatable bonds is 4. The molecule has 0 saturated carbocycles. The molecule has 4 rings (SSSR count). The summed E-state index contributed by atoms with van der Waals surface area (Å²) in [5.74, 6) is 1.96. The lowest BCUT2D eigenvalue weighted by Crippen LogP contribution is -2.25. The van der Waals surface area contributed by atoms with Crippen LogP contribution in [0.1, 0.15) is 40.5 Å². The highest BCUT2D eigenvalue weighted by molar-refractivity contribution is 5.95. The minimum atomic E-state index is -0.219. The minimum Gasteiger partial charge on any atom is -0.493 e. The maximum atomic E-state index is 12.6. The molecule has 29 heavy (non-hydrogen) atoms. The maximum absolute atomic E-state index is 12.6. The first-order valence-electron chi connectivity index (χ1n) is 9.35. The molecule has 1 N–H and O–H groups in total. The van der Waals surface area contributed by atoms with Crippen molar-refractivity contribution >= 4 is 11.7 Å². The molecule has 3 heterocycles. The summed E-state index contributed by atoms with van der Waals surface area (Å²) < 4.78 is 12.7. The molecule has 2 aromatic heterocycles. The van der Waals surface area contributed by atoms with Gasteiger partial charge in [0.1, 0.15) is 5.82 Å². The highest BCUT2D eigenvalue weighted by Gasteiger charge is 2.35. The molecule has 150 valence electrons. The highest BCUT2D eigenvalue weighted by Crippen LogP contribution is 2.45. The number of methoxy groups -OCH3 is 2. The molecule has 1 atom stereocenters. The second-order valence-electron chi connectivity index (χ2n) is 7.10. The van der Waals surface area contributed by atoms with Gasteiger partial charge >= 0.3 is 0 Å². The number of amides is 1. The van der Waals surface area contributed by atoms with Crippen molar-refractivity contribution < 1.29 is 14.3 Å². The Kier molecular flexibility index (Phi) is 4.70. The number of hydrogen-bond acceptors (Lipinski definition) is 6. The number of para-hydroxylation sites is 1. The standard InChI is InChI=1S/C21H23N5O3/c1-11-9-12(2)23-21(22-11)26-20-18(13(3)25-26)15(10-17(27)24-20)14-7-6-8-16(28-4)19(14)29-5/h6-9,15H,10H2,1-5H3,(H,24,27)/t15-/m1/s1. The van der Waals surface area contributed by atoms with Gasteiger partial charge in [-0.15, -0.1) is 0 Å². The zero-order chi connectivity index (χ0) is 20.7. The van der Waals surface area contributed by atoms with Crippen molar-refractivity contribution in [1.82, 2.24) is 19.7 Å². The third kappa shape index (κ3) is 3.20. The number of aryl methyl sites for hydroxylation is 3. The van der Waals surface area contributed by atoms with Gasteiger partial charge in [0.2, 0.25) is 5.91 Å². The summed E-state index contributed by atoms with van der Waals surface area (Å²) in [4.78, 5) is 21.6. The molecule has 8 nitrogen and oxygen atoms in total. The molecule has 1 aliphatic rings. The van der Waals surface area contributed by atoms with E-state index in [4.69, 9.17) is 9.47 Å². The fraction of sp³-hybridized carbons (Fsp3) is 0.333. The van der Waals surface area contributed by atoms with Crippen LogP contribution in [0, 0.1) is 20.8 Å². The van der Waals surface area contributed by atoms with Crippen molar-refractivity contribution in [1.29, 1.82) is 0 Å². The van der Waals surface area contributed by atoms with Crippen molar-refractivity contribution in [2.45, 2.75) is 33.1 Å². The lowest BCUT2D eigenvalue weighted by molar-refractivity contribution is -0.116. The molecule has 1 aliphatic heterocycles. The van der Waals surface area contributed by atoms with E-state index in [9.17, 15) is 4.79 Å². The molecule has 1 amide bonds. The molecule has 0 spiro atoms. The van der Waals surface area contributed by atoms with E-state index in [1.54, 1.807) is 18.9 Å². The second kappa shape index (κ2) is 7.20. The van der Waals surface area contributed by atoms with E-state index >= 15 is 0 Å². The number of nitrogens with one attached hydrogen (secondary N) is 1. The first-order chi connectivity index (χ1) is 13.9. The lowest BCUT2D eigenvalue weighted by atomic mass is 9.85. The molecule has 3 aromatic rings. The van der Waals surface area contributed by atoms with Crippen LogP contribution in [0.5, 0.6) is 11.5 Å². The summed E-state index contributed by atoms with van der Waals surface area (Å²) in [6, 6.07) is 7.59. The summed E-state index contributed by atoms with van der Waals surface area (Å²) in [5, 5.41) is 7.62. The van der Waals surface area contributed by atoms with Gasteiger partial charge in [-0.25, -0.2) is 9.97 Å². The van der Waals surface area contributed by atoms with Gasteiger partial charge in [-0.05, 0) is 32.9 Å². The van der Waals surface area contributed by atoms with Gasteiger partial charge in [-0.1, -0.05) is 12.1 Å². The normalized spacial score (nSPS) is 15.6. The third-order valence-corrected chi connectivity index (χ3v) is 5.07. The summed E-state index contributed by atoms with van der Waals surface area (Å²) >= 11 is 0. The number of carbonyl (C=O) groups is 1. The van der Waals surface area contributed by atoms with Crippen LogP contribution in [0.2, 0.25) is 0 Å². The average Bonchev–Trinajstić information content (AvgIpc) is 3.02. The molecule has 8 heteroatoms. The van der Waals surface area contributed by atoms with Gasteiger partial charge < -0.3 is 14.8 Å². The Morgan fingerprint density at radius 2 is 1.83 bits per heavy atom. The first kappa shape index (κ1) is 18.9. The fourth-order valence-electron chi connectivity index (χ4n) is 3.95. The summed E-state index contributed by atoms with van der Waals surface area (Å²) in [6.07, 6.45) is 0.288. The Labute approximate surface area is 168 Å². The summed E-state index contributed by atoms with van der Waals surface area (Å²) in [5.41, 5.74) is 4.29. The molecular weight excluding hydrogens is 370 g/mol. The zero-order valence-electron chi connectivity index (χ0n) is 17.1. The highest BCUT2D eigenvalue weighted by atomic mass is 16.5. The molecule has 0 unspecified atom stereocenters. The van der Waals surface area contributed by atoms with Crippen molar-refractivity contribution in [2.75, 3.05) is 19.5 Å². The Bertz CT molecular complexity index is 1090. The third-order valence-electron chi connectivity index (χ3n) is 5.07. The van der Waals surface area contributed by atoms with Crippen molar-refractivity contribution in [3.63, 3.8) is 0 Å². The van der Waals surface area contributed by atoms with E-state index in [0.29, 0.717) is 23.3 Å². The van der Waals surface area contributed by atoms with E-state index in [0.717, 1.165) is 28.2 Å². The van der Waals surface area contributed by atoms with Crippen LogP contribution in [0.15, 0.2) is 24.3 Å². The number of fused-ring (bicyclic) bond motifs is 1. The van der Waals surface area contributed by atoms with Crippen LogP contribution in [-0.2, 0) is 4.79 Å². The predicted octanol–water partition coefficient (Wildman–Crippen LogP) is 3.08. The van der Waals surface area contributed by atoms with Gasteiger partial charge in [0.15, 0.2) is 11.5 Å². The van der Waals surface area contributed by atoms with Crippen molar-refractivity contribution in [2.24, 2.45) is 0 Å². The lowest BCUT2D eigenvalue weighted by Gasteiger charge is -2.26. The van der Waals surface area contributed by atoms with Crippen LogP contribution in [0.25, 0.3) is 5.95 Å². The topological polar surface area (TPSA) is 91.2 Å². The van der Waals surface area contributed by atoms with E-state index < -0.39 is 0 Å². The van der Waals surface area contributed by atoms with E-state index in [1.807, 2.05) is 45.0 Å². The Morgan fingerprint density at radius 1 is 1.10 bits per heavy atom. The largest absolute Gasteiger partial charge is 0.493 e. The summed E-state index contributed by atoms with van der Waals surface area (Å²) in [7, 11) is 3.20. The summed E-state index contributed by atoms with van der Waals surface area (Å²) in [6.45, 7) is 5.74. The predicted molar refractivity (Wildman–Crippen MR) is 108 cm³/mol. The molecular formula is C21H23N5O3. The molecule has 1 aromatic carbocycles. The molecule has 0 radical (unpaired) electrons. The molecule has 0 bridgehead atoms. The number of hydrogen-bond donors (Lipinski definition) is 1. The van der Waals surface area contributed by atoms with E-state index in [1.165, 1.54) is 0 Å². The average molecular weight is 393 g/mol. The van der Waals surface area contributed by atoms with Crippen LogP contribution >= 0.6 is 0 Å². The van der Waals surface area contributed by atoms with Gasteiger partial charge in [-0.2, -0.15) is 9.78 Å². The van der Waals surface area contributed by atoms with Crippen LogP contribution in [0.4, 0.5) is 5.82 Å². The number of aromatic nitrogens is 4. The Morgan fingerprint density at radius 3 is 2.48 bits per heavy atom. The van der Waals surface area contributed by atoms with Gasteiger partial charge in [0, 0.05) is 34.9 Å².